The van der Waals surface area contributed by atoms with E-state index in [9.17, 15) is 14.7 Å². The van der Waals surface area contributed by atoms with Crippen LogP contribution in [0, 0.1) is 0 Å². The van der Waals surface area contributed by atoms with Crippen molar-refractivity contribution in [1.82, 2.24) is 0 Å². The van der Waals surface area contributed by atoms with Gasteiger partial charge in [0.05, 0.1) is 5.56 Å². The van der Waals surface area contributed by atoms with E-state index in [0.717, 1.165) is 16.9 Å². The molecule has 1 aliphatic rings. The number of esters is 1. The highest BCUT2D eigenvalue weighted by atomic mass is 32.2. The Kier molecular flexibility index (Phi) is 5.13. The Labute approximate surface area is 151 Å². The van der Waals surface area contributed by atoms with E-state index in [0.29, 0.717) is 29.1 Å². The third-order valence-corrected chi connectivity index (χ3v) is 5.54. The third-order valence-electron chi connectivity index (χ3n) is 4.26. The van der Waals surface area contributed by atoms with Crippen molar-refractivity contribution in [3.05, 3.63) is 47.0 Å². The summed E-state index contributed by atoms with van der Waals surface area (Å²) in [5.74, 6) is -0.249. The second-order valence-corrected chi connectivity index (χ2v) is 6.94. The van der Waals surface area contributed by atoms with E-state index < -0.39 is 0 Å². The lowest BCUT2D eigenvalue weighted by Crippen LogP contribution is -2.10. The number of Topliss-reactive ketones (excluding diaryl/α,β-unsaturated/α-hetero) is 1. The summed E-state index contributed by atoms with van der Waals surface area (Å²) in [4.78, 5) is 26.0. The van der Waals surface area contributed by atoms with E-state index in [4.69, 9.17) is 4.74 Å². The van der Waals surface area contributed by atoms with Crippen LogP contribution < -0.4 is 4.74 Å². The van der Waals surface area contributed by atoms with Gasteiger partial charge in [-0.3, -0.25) is 9.59 Å². The van der Waals surface area contributed by atoms with Crippen molar-refractivity contribution < 1.29 is 19.4 Å². The van der Waals surface area contributed by atoms with Gasteiger partial charge >= 0.3 is 5.97 Å². The molecule has 0 aromatic heterocycles. The molecule has 0 bridgehead atoms. The molecule has 0 fully saturated rings. The van der Waals surface area contributed by atoms with Crippen LogP contribution in [0.2, 0.25) is 0 Å². The van der Waals surface area contributed by atoms with Gasteiger partial charge in [0, 0.05) is 34.3 Å². The first-order chi connectivity index (χ1) is 12.0. The van der Waals surface area contributed by atoms with Crippen LogP contribution in [-0.2, 0) is 17.6 Å². The molecule has 1 N–H and O–H groups in total. The summed E-state index contributed by atoms with van der Waals surface area (Å²) in [5, 5.41) is 10.4. The Bertz CT molecular complexity index is 842. The summed E-state index contributed by atoms with van der Waals surface area (Å²) < 4.78 is 5.44. The van der Waals surface area contributed by atoms with Crippen molar-refractivity contribution in [3.8, 4) is 11.5 Å². The summed E-state index contributed by atoms with van der Waals surface area (Å²) in [6.45, 7) is 3.49. The van der Waals surface area contributed by atoms with Gasteiger partial charge < -0.3 is 9.84 Å². The number of carbonyl (C=O) groups excluding carboxylic acids is 2. The number of aromatic hydroxyl groups is 1. The van der Waals surface area contributed by atoms with Gasteiger partial charge in [0.25, 0.3) is 0 Å². The highest BCUT2D eigenvalue weighted by Crippen LogP contribution is 2.46. The van der Waals surface area contributed by atoms with Crippen LogP contribution in [-0.4, -0.2) is 16.9 Å². The van der Waals surface area contributed by atoms with Gasteiger partial charge in [-0.05, 0) is 24.5 Å². The topological polar surface area (TPSA) is 63.6 Å². The fourth-order valence-electron chi connectivity index (χ4n) is 2.92. The monoisotopic (exact) mass is 356 g/mol. The molecule has 0 radical (unpaired) electrons. The molecule has 2 aromatic carbocycles. The van der Waals surface area contributed by atoms with Gasteiger partial charge in [0.15, 0.2) is 5.78 Å². The number of rotatable bonds is 4. The first-order valence-electron chi connectivity index (χ1n) is 8.43. The summed E-state index contributed by atoms with van der Waals surface area (Å²) in [7, 11) is 0. The minimum atomic E-state index is -0.358. The maximum Gasteiger partial charge on any atom is 0.310 e. The zero-order chi connectivity index (χ0) is 18.0. The zero-order valence-corrected chi connectivity index (χ0v) is 15.1. The number of fused-ring (bicyclic) bond motifs is 2. The number of phenolic OH excluding ortho intramolecular Hbond substituents is 1. The van der Waals surface area contributed by atoms with Crippen molar-refractivity contribution in [1.29, 1.82) is 0 Å². The van der Waals surface area contributed by atoms with E-state index in [1.807, 2.05) is 18.2 Å². The molecule has 1 aliphatic heterocycles. The quantitative estimate of drug-likeness (QED) is 0.495. The smallest absolute Gasteiger partial charge is 0.310 e. The average molecular weight is 356 g/mol. The lowest BCUT2D eigenvalue weighted by atomic mass is 9.98. The average Bonchev–Trinajstić information content (AvgIpc) is 2.80. The van der Waals surface area contributed by atoms with Gasteiger partial charge in [-0.2, -0.15) is 0 Å². The highest BCUT2D eigenvalue weighted by Gasteiger charge is 2.27. The molecule has 25 heavy (non-hydrogen) atoms. The molecule has 0 aliphatic carbocycles. The maximum atomic E-state index is 12.4. The normalized spacial score (nSPS) is 12.7. The Morgan fingerprint density at radius 1 is 1.16 bits per heavy atom. The lowest BCUT2D eigenvalue weighted by Gasteiger charge is -2.17. The molecule has 0 unspecified atom stereocenters. The van der Waals surface area contributed by atoms with E-state index in [1.54, 1.807) is 13.8 Å². The predicted molar refractivity (Wildman–Crippen MR) is 96.6 cm³/mol. The molecular weight excluding hydrogens is 336 g/mol. The fraction of sp³-hybridized carbons (Fsp3) is 0.300. The van der Waals surface area contributed by atoms with Gasteiger partial charge in [0.2, 0.25) is 0 Å². The third kappa shape index (κ3) is 3.42. The van der Waals surface area contributed by atoms with Gasteiger partial charge in [0.1, 0.15) is 11.5 Å². The number of hydrogen-bond donors (Lipinski definition) is 1. The van der Waals surface area contributed by atoms with Crippen LogP contribution in [0.3, 0.4) is 0 Å². The second kappa shape index (κ2) is 7.31. The molecule has 0 spiro atoms. The number of ketones is 1. The number of aryl methyl sites for hydroxylation is 1. The first-order valence-corrected chi connectivity index (χ1v) is 9.25. The first kappa shape index (κ1) is 17.5. The molecule has 0 saturated heterocycles. The second-order valence-electron chi connectivity index (χ2n) is 5.89. The van der Waals surface area contributed by atoms with Gasteiger partial charge in [-0.15, -0.1) is 0 Å². The van der Waals surface area contributed by atoms with Crippen molar-refractivity contribution >= 4 is 23.5 Å². The van der Waals surface area contributed by atoms with E-state index in [-0.39, 0.29) is 23.9 Å². The summed E-state index contributed by atoms with van der Waals surface area (Å²) in [5.41, 5.74) is 2.33. The maximum absolute atomic E-state index is 12.4. The molecule has 3 rings (SSSR count). The Morgan fingerprint density at radius 3 is 2.64 bits per heavy atom. The van der Waals surface area contributed by atoms with Crippen molar-refractivity contribution in [2.24, 2.45) is 0 Å². The van der Waals surface area contributed by atoms with E-state index in [1.165, 1.54) is 23.4 Å². The Balaban J connectivity index is 2.19. The molecule has 4 nitrogen and oxygen atoms in total. The highest BCUT2D eigenvalue weighted by molar-refractivity contribution is 7.99. The molecule has 130 valence electrons. The molecular formula is C20H20O4S. The lowest BCUT2D eigenvalue weighted by molar-refractivity contribution is -0.134. The molecule has 0 amide bonds. The van der Waals surface area contributed by atoms with Crippen LogP contribution in [0.15, 0.2) is 40.1 Å². The summed E-state index contributed by atoms with van der Waals surface area (Å²) >= 11 is 1.46. The van der Waals surface area contributed by atoms with Crippen molar-refractivity contribution in [2.75, 3.05) is 0 Å². The Hall–Kier alpha value is -2.27. The molecule has 2 aromatic rings. The minimum Gasteiger partial charge on any atom is -0.507 e. The van der Waals surface area contributed by atoms with Crippen LogP contribution in [0.1, 0.15) is 48.2 Å². The van der Waals surface area contributed by atoms with Crippen LogP contribution >= 0.6 is 11.8 Å². The van der Waals surface area contributed by atoms with Crippen LogP contribution in [0.4, 0.5) is 0 Å². The van der Waals surface area contributed by atoms with E-state index >= 15 is 0 Å². The fourth-order valence-corrected chi connectivity index (χ4v) is 4.24. The largest absolute Gasteiger partial charge is 0.507 e. The molecule has 0 atom stereocenters. The SMILES string of the molecule is CCC(=O)Oc1cc(O)c(C(=O)CC)c2c1CCc1ccccc1S2. The van der Waals surface area contributed by atoms with Gasteiger partial charge in [-0.1, -0.05) is 43.8 Å². The standard InChI is InChI=1S/C20H20O4S/c1-3-14(21)19-15(22)11-16(24-18(23)4-2)13-10-9-12-7-5-6-8-17(12)25-20(13)19/h5-8,11,22H,3-4,9-10H2,1-2H3. The summed E-state index contributed by atoms with van der Waals surface area (Å²) in [6, 6.07) is 9.43. The van der Waals surface area contributed by atoms with Crippen LogP contribution in [0.5, 0.6) is 11.5 Å². The number of ether oxygens (including phenoxy) is 1. The molecule has 0 saturated carbocycles. The molecule has 5 heteroatoms. The number of carbonyl (C=O) groups is 2. The minimum absolute atomic E-state index is 0.117. The van der Waals surface area contributed by atoms with Crippen molar-refractivity contribution in [2.45, 2.75) is 49.3 Å². The molecule has 1 heterocycles. The number of phenols is 1. The van der Waals surface area contributed by atoms with Crippen LogP contribution in [0.25, 0.3) is 0 Å². The van der Waals surface area contributed by atoms with E-state index in [2.05, 4.69) is 6.07 Å². The number of hydrogen-bond acceptors (Lipinski definition) is 5. The Morgan fingerprint density at radius 2 is 1.92 bits per heavy atom. The summed E-state index contributed by atoms with van der Waals surface area (Å²) in [6.07, 6.45) is 1.99. The van der Waals surface area contributed by atoms with Crippen molar-refractivity contribution in [3.63, 3.8) is 0 Å². The predicted octanol–water partition coefficient (Wildman–Crippen LogP) is 4.55. The zero-order valence-electron chi connectivity index (χ0n) is 14.3. The van der Waals surface area contributed by atoms with Gasteiger partial charge in [-0.25, -0.2) is 0 Å². The number of benzene rings is 2.